The number of carbonyl (C=O) groups excluding carboxylic acids is 1. The first-order valence-corrected chi connectivity index (χ1v) is 9.73. The number of carbonyl (C=O) groups is 1. The minimum Gasteiger partial charge on any atom is -0.298 e. The van der Waals surface area contributed by atoms with E-state index in [-0.39, 0.29) is 15.8 Å². The molecule has 0 aromatic heterocycles. The molecule has 0 N–H and O–H groups in total. The van der Waals surface area contributed by atoms with E-state index in [1.807, 2.05) is 0 Å². The van der Waals surface area contributed by atoms with Crippen LogP contribution in [0.3, 0.4) is 0 Å². The second-order valence-corrected chi connectivity index (χ2v) is 9.85. The molecule has 14 heavy (non-hydrogen) atoms. The molecule has 2 heterocycles. The summed E-state index contributed by atoms with van der Waals surface area (Å²) in [5.74, 6) is 0.669. The number of rotatable bonds is 2. The maximum atomic E-state index is 12.3. The third-order valence-corrected chi connectivity index (χ3v) is 8.89. The Morgan fingerprint density at radius 2 is 1.43 bits per heavy atom. The molecule has 0 amide bonds. The lowest BCUT2D eigenvalue weighted by Crippen LogP contribution is -2.26. The standard InChI is InChI=1S/C11H20OP2/c1-13-7-3-5-9(13)11(12)10-6-4-8-14(10)2/h9-10H,3-8H2,1-2H3/t9-,10-,13+,14+/m1/s1. The van der Waals surface area contributed by atoms with Crippen LogP contribution in [0.25, 0.3) is 0 Å². The SMILES string of the molecule is C[P@@]1CCC[C@@H]1C(=O)[C@H]1CCC[P@]1C. The van der Waals surface area contributed by atoms with Crippen LogP contribution in [-0.4, -0.2) is 42.8 Å². The average molecular weight is 230 g/mol. The van der Waals surface area contributed by atoms with Gasteiger partial charge in [0.15, 0.2) is 0 Å². The maximum Gasteiger partial charge on any atom is 0.147 e. The Morgan fingerprint density at radius 3 is 1.71 bits per heavy atom. The summed E-state index contributed by atoms with van der Waals surface area (Å²) in [7, 11) is 0.116. The summed E-state index contributed by atoms with van der Waals surface area (Å²) in [6.07, 6.45) is 7.74. The van der Waals surface area contributed by atoms with Gasteiger partial charge in [0.1, 0.15) is 5.78 Å². The highest BCUT2D eigenvalue weighted by Crippen LogP contribution is 2.53. The van der Waals surface area contributed by atoms with Crippen LogP contribution in [0, 0.1) is 0 Å². The molecule has 3 heteroatoms. The molecule has 4 atom stereocenters. The van der Waals surface area contributed by atoms with Gasteiger partial charge in [-0.25, -0.2) is 0 Å². The van der Waals surface area contributed by atoms with Crippen molar-refractivity contribution in [1.29, 1.82) is 0 Å². The number of Topliss-reactive ketones (excluding diaryl/α,β-unsaturated/α-hetero) is 1. The molecular formula is C11H20OP2. The Kier molecular flexibility index (Phi) is 3.61. The zero-order valence-electron chi connectivity index (χ0n) is 9.20. The quantitative estimate of drug-likeness (QED) is 0.666. The van der Waals surface area contributed by atoms with Crippen LogP contribution < -0.4 is 0 Å². The topological polar surface area (TPSA) is 17.1 Å². The van der Waals surface area contributed by atoms with E-state index in [2.05, 4.69) is 13.3 Å². The summed E-state index contributed by atoms with van der Waals surface area (Å²) in [4.78, 5) is 12.3. The van der Waals surface area contributed by atoms with Crippen molar-refractivity contribution in [3.8, 4) is 0 Å². The largest absolute Gasteiger partial charge is 0.298 e. The molecule has 1 nitrogen and oxygen atoms in total. The smallest absolute Gasteiger partial charge is 0.147 e. The van der Waals surface area contributed by atoms with Crippen LogP contribution in [0.2, 0.25) is 0 Å². The summed E-state index contributed by atoms with van der Waals surface area (Å²) in [6, 6.07) is 0. The summed E-state index contributed by atoms with van der Waals surface area (Å²) in [5.41, 5.74) is 0.996. The molecule has 2 fully saturated rings. The van der Waals surface area contributed by atoms with Gasteiger partial charge in [0.2, 0.25) is 0 Å². The Hall–Kier alpha value is 0.530. The van der Waals surface area contributed by atoms with Crippen molar-refractivity contribution in [3.05, 3.63) is 0 Å². The summed E-state index contributed by atoms with van der Waals surface area (Å²) < 4.78 is 0. The van der Waals surface area contributed by atoms with E-state index in [0.717, 1.165) is 0 Å². The molecule has 80 valence electrons. The van der Waals surface area contributed by atoms with E-state index in [9.17, 15) is 4.79 Å². The first kappa shape index (κ1) is 11.0. The lowest BCUT2D eigenvalue weighted by molar-refractivity contribution is -0.118. The maximum absolute atomic E-state index is 12.3. The van der Waals surface area contributed by atoms with E-state index in [4.69, 9.17) is 0 Å². The molecule has 0 aliphatic carbocycles. The first-order valence-electron chi connectivity index (χ1n) is 5.64. The van der Waals surface area contributed by atoms with Crippen molar-refractivity contribution in [1.82, 2.24) is 0 Å². The molecule has 2 aliphatic heterocycles. The minimum absolute atomic E-state index is 0.0578. The molecule has 0 saturated carbocycles. The van der Waals surface area contributed by atoms with E-state index in [0.29, 0.717) is 17.1 Å². The van der Waals surface area contributed by atoms with Gasteiger partial charge in [-0.15, -0.1) is 0 Å². The molecule has 0 aromatic carbocycles. The van der Waals surface area contributed by atoms with E-state index < -0.39 is 0 Å². The van der Waals surface area contributed by atoms with E-state index in [1.165, 1.54) is 38.0 Å². The Labute approximate surface area is 89.5 Å². The molecule has 0 bridgehead atoms. The van der Waals surface area contributed by atoms with Crippen LogP contribution in [0.4, 0.5) is 0 Å². The molecule has 0 spiro atoms. The Bertz CT molecular complexity index is 207. The summed E-state index contributed by atoms with van der Waals surface area (Å²) in [5, 5.41) is 0. The van der Waals surface area contributed by atoms with Crippen molar-refractivity contribution >= 4 is 21.6 Å². The molecule has 2 saturated heterocycles. The van der Waals surface area contributed by atoms with Crippen LogP contribution in [-0.2, 0) is 4.79 Å². The number of ketones is 1. The van der Waals surface area contributed by atoms with E-state index >= 15 is 0 Å². The number of hydrogen-bond acceptors (Lipinski definition) is 1. The normalized spacial score (nSPS) is 43.0. The summed E-state index contributed by atoms with van der Waals surface area (Å²) >= 11 is 0. The Morgan fingerprint density at radius 1 is 1.00 bits per heavy atom. The predicted molar refractivity (Wildman–Crippen MR) is 66.5 cm³/mol. The Balaban J connectivity index is 2.00. The van der Waals surface area contributed by atoms with Gasteiger partial charge in [0.25, 0.3) is 0 Å². The van der Waals surface area contributed by atoms with Crippen molar-refractivity contribution in [3.63, 3.8) is 0 Å². The van der Waals surface area contributed by atoms with Gasteiger partial charge in [-0.2, -0.15) is 0 Å². The molecule has 2 aliphatic rings. The first-order chi connectivity index (χ1) is 6.70. The van der Waals surface area contributed by atoms with Gasteiger partial charge in [0.05, 0.1) is 0 Å². The average Bonchev–Trinajstić information content (AvgIpc) is 2.73. The second-order valence-electron chi connectivity index (χ2n) is 4.68. The third-order valence-electron chi connectivity index (χ3n) is 3.70. The minimum atomic E-state index is 0.0578. The van der Waals surface area contributed by atoms with Gasteiger partial charge < -0.3 is 0 Å². The van der Waals surface area contributed by atoms with Crippen LogP contribution >= 0.6 is 15.8 Å². The zero-order valence-corrected chi connectivity index (χ0v) is 11.0. The van der Waals surface area contributed by atoms with Gasteiger partial charge in [-0.3, -0.25) is 4.79 Å². The zero-order chi connectivity index (χ0) is 10.1. The fourth-order valence-electron chi connectivity index (χ4n) is 2.76. The predicted octanol–water partition coefficient (Wildman–Crippen LogP) is 3.10. The molecule has 0 radical (unpaired) electrons. The molecule has 0 aromatic rings. The number of hydrogen-bond donors (Lipinski definition) is 0. The lowest BCUT2D eigenvalue weighted by atomic mass is 10.1. The fourth-order valence-corrected chi connectivity index (χ4v) is 7.34. The lowest BCUT2D eigenvalue weighted by Gasteiger charge is -2.21. The highest BCUT2D eigenvalue weighted by Gasteiger charge is 2.37. The van der Waals surface area contributed by atoms with Gasteiger partial charge in [0, 0.05) is 11.3 Å². The van der Waals surface area contributed by atoms with Gasteiger partial charge in [-0.05, 0) is 51.3 Å². The molecule has 2 rings (SSSR count). The highest BCUT2D eigenvalue weighted by atomic mass is 31.1. The van der Waals surface area contributed by atoms with Gasteiger partial charge >= 0.3 is 0 Å². The van der Waals surface area contributed by atoms with E-state index in [1.54, 1.807) is 0 Å². The second kappa shape index (κ2) is 4.58. The third kappa shape index (κ3) is 2.05. The van der Waals surface area contributed by atoms with Crippen molar-refractivity contribution in [2.45, 2.75) is 37.0 Å². The highest BCUT2D eigenvalue weighted by molar-refractivity contribution is 7.61. The van der Waals surface area contributed by atoms with Crippen LogP contribution in [0.1, 0.15) is 25.7 Å². The molecule has 0 unspecified atom stereocenters. The van der Waals surface area contributed by atoms with Crippen molar-refractivity contribution < 1.29 is 4.79 Å². The fraction of sp³-hybridized carbons (Fsp3) is 0.909. The van der Waals surface area contributed by atoms with Crippen molar-refractivity contribution in [2.24, 2.45) is 0 Å². The van der Waals surface area contributed by atoms with Crippen LogP contribution in [0.15, 0.2) is 0 Å². The van der Waals surface area contributed by atoms with Gasteiger partial charge in [-0.1, -0.05) is 15.8 Å². The monoisotopic (exact) mass is 230 g/mol. The van der Waals surface area contributed by atoms with Crippen molar-refractivity contribution in [2.75, 3.05) is 25.7 Å². The van der Waals surface area contributed by atoms with Crippen LogP contribution in [0.5, 0.6) is 0 Å². The molecular weight excluding hydrogens is 210 g/mol. The summed E-state index contributed by atoms with van der Waals surface area (Å²) in [6.45, 7) is 4.66.